The van der Waals surface area contributed by atoms with E-state index in [1.807, 2.05) is 65.5 Å². The number of hydrogen-bond acceptors (Lipinski definition) is 5. The van der Waals surface area contributed by atoms with Gasteiger partial charge in [-0.25, -0.2) is 9.36 Å². The van der Waals surface area contributed by atoms with Crippen molar-refractivity contribution in [1.82, 2.24) is 24.9 Å². The van der Waals surface area contributed by atoms with E-state index in [1.54, 1.807) is 10.9 Å². The second-order valence-corrected chi connectivity index (χ2v) is 9.54. The number of nitrogens with zero attached hydrogens (tertiary/aromatic N) is 4. The topological polar surface area (TPSA) is 100.0 Å². The average molecular weight is 505 g/mol. The lowest BCUT2D eigenvalue weighted by Gasteiger charge is -2.29. The minimum Gasteiger partial charge on any atom is -0.473 e. The van der Waals surface area contributed by atoms with Gasteiger partial charge in [0.2, 0.25) is 5.88 Å². The number of carbonyl (C=O) groups is 1. The van der Waals surface area contributed by atoms with Crippen LogP contribution in [-0.2, 0) is 6.54 Å². The molecule has 1 saturated carbocycles. The standard InChI is InChI=1S/C27H29ClN6O2/c1-18-19(16-31-34(18)23-11-7-20(28)8-12-23)15-30-21-9-13-24(14-10-21)36-27-25(26(29)35)17-33(32-27)22-5-3-2-4-6-22/h2-8,11-12,16-17,21,24,30H,9-10,13-15H2,1H3,(H2,29,35). The van der Waals surface area contributed by atoms with Crippen molar-refractivity contribution < 1.29 is 9.53 Å². The third-order valence-corrected chi connectivity index (χ3v) is 6.93. The summed E-state index contributed by atoms with van der Waals surface area (Å²) in [5, 5.41) is 13.4. The first-order valence-electron chi connectivity index (χ1n) is 12.1. The predicted molar refractivity (Wildman–Crippen MR) is 139 cm³/mol. The molecule has 4 aromatic rings. The van der Waals surface area contributed by atoms with Crippen LogP contribution in [-0.4, -0.2) is 37.6 Å². The maximum atomic E-state index is 12.0. The molecule has 186 valence electrons. The van der Waals surface area contributed by atoms with Crippen molar-refractivity contribution in [1.29, 1.82) is 0 Å². The summed E-state index contributed by atoms with van der Waals surface area (Å²) < 4.78 is 9.73. The first-order chi connectivity index (χ1) is 17.5. The highest BCUT2D eigenvalue weighted by molar-refractivity contribution is 6.30. The molecule has 36 heavy (non-hydrogen) atoms. The summed E-state index contributed by atoms with van der Waals surface area (Å²) in [5.41, 5.74) is 10.00. The number of aromatic nitrogens is 4. The average Bonchev–Trinajstić information content (AvgIpc) is 3.48. The second-order valence-electron chi connectivity index (χ2n) is 9.11. The molecule has 2 aromatic carbocycles. The molecule has 1 aliphatic carbocycles. The highest BCUT2D eigenvalue weighted by Gasteiger charge is 2.25. The van der Waals surface area contributed by atoms with E-state index in [0.717, 1.165) is 49.3 Å². The zero-order chi connectivity index (χ0) is 25.1. The Morgan fingerprint density at radius 1 is 1.08 bits per heavy atom. The number of hydrogen-bond donors (Lipinski definition) is 2. The number of nitrogens with two attached hydrogens (primary N) is 1. The highest BCUT2D eigenvalue weighted by Crippen LogP contribution is 2.27. The number of halogens is 1. The molecular weight excluding hydrogens is 476 g/mol. The molecule has 1 fully saturated rings. The molecule has 2 heterocycles. The van der Waals surface area contributed by atoms with Gasteiger partial charge in [0, 0.05) is 35.1 Å². The lowest BCUT2D eigenvalue weighted by Crippen LogP contribution is -2.36. The van der Waals surface area contributed by atoms with Crippen LogP contribution in [0.3, 0.4) is 0 Å². The van der Waals surface area contributed by atoms with Crippen LogP contribution in [0.15, 0.2) is 67.0 Å². The number of para-hydroxylation sites is 1. The maximum Gasteiger partial charge on any atom is 0.255 e. The van der Waals surface area contributed by atoms with Crippen molar-refractivity contribution in [3.8, 4) is 17.3 Å². The normalized spacial score (nSPS) is 17.7. The molecule has 3 N–H and O–H groups in total. The molecule has 5 rings (SSSR count). The summed E-state index contributed by atoms with van der Waals surface area (Å²) in [4.78, 5) is 12.0. The maximum absolute atomic E-state index is 12.0. The van der Waals surface area contributed by atoms with Gasteiger partial charge in [-0.15, -0.1) is 5.10 Å². The summed E-state index contributed by atoms with van der Waals surface area (Å²) in [7, 11) is 0. The van der Waals surface area contributed by atoms with Crippen LogP contribution in [0, 0.1) is 6.92 Å². The van der Waals surface area contributed by atoms with Gasteiger partial charge >= 0.3 is 0 Å². The molecule has 0 saturated heterocycles. The summed E-state index contributed by atoms with van der Waals surface area (Å²) in [5.74, 6) is -0.245. The quantitative estimate of drug-likeness (QED) is 0.365. The Kier molecular flexibility index (Phi) is 7.06. The molecular formula is C27H29ClN6O2. The van der Waals surface area contributed by atoms with Gasteiger partial charge in [0.1, 0.15) is 11.7 Å². The predicted octanol–water partition coefficient (Wildman–Crippen LogP) is 4.60. The van der Waals surface area contributed by atoms with Crippen molar-refractivity contribution in [2.45, 2.75) is 51.3 Å². The van der Waals surface area contributed by atoms with E-state index in [0.29, 0.717) is 22.5 Å². The molecule has 1 aliphatic rings. The zero-order valence-electron chi connectivity index (χ0n) is 20.1. The van der Waals surface area contributed by atoms with Gasteiger partial charge in [-0.1, -0.05) is 29.8 Å². The Bertz CT molecular complexity index is 1320. The SMILES string of the molecule is Cc1c(CNC2CCC(Oc3nn(-c4ccccc4)cc3C(N)=O)CC2)cnn1-c1ccc(Cl)cc1. The first-order valence-corrected chi connectivity index (χ1v) is 12.5. The van der Waals surface area contributed by atoms with Crippen LogP contribution in [0.25, 0.3) is 11.4 Å². The number of primary amides is 1. The lowest BCUT2D eigenvalue weighted by molar-refractivity contribution is 0.0982. The molecule has 0 radical (unpaired) electrons. The number of rotatable bonds is 8. The van der Waals surface area contributed by atoms with Gasteiger partial charge in [0.25, 0.3) is 5.91 Å². The molecule has 0 aliphatic heterocycles. The van der Waals surface area contributed by atoms with Crippen LogP contribution < -0.4 is 15.8 Å². The van der Waals surface area contributed by atoms with Gasteiger partial charge in [0.05, 0.1) is 17.6 Å². The third-order valence-electron chi connectivity index (χ3n) is 6.68. The van der Waals surface area contributed by atoms with Crippen LogP contribution in [0.1, 0.15) is 47.3 Å². The van der Waals surface area contributed by atoms with Crippen molar-refractivity contribution in [3.63, 3.8) is 0 Å². The molecule has 0 atom stereocenters. The van der Waals surface area contributed by atoms with Gasteiger partial charge in [0.15, 0.2) is 0 Å². The minimum atomic E-state index is -0.544. The van der Waals surface area contributed by atoms with Gasteiger partial charge in [-0.2, -0.15) is 5.10 Å². The first kappa shape index (κ1) is 24.1. The largest absolute Gasteiger partial charge is 0.473 e. The van der Waals surface area contributed by atoms with Crippen LogP contribution in [0.4, 0.5) is 0 Å². The molecule has 0 spiro atoms. The third kappa shape index (κ3) is 5.29. The fourth-order valence-corrected chi connectivity index (χ4v) is 4.71. The van der Waals surface area contributed by atoms with Gasteiger partial charge in [-0.3, -0.25) is 4.79 Å². The second kappa shape index (κ2) is 10.6. The smallest absolute Gasteiger partial charge is 0.255 e. The Morgan fingerprint density at radius 2 is 1.81 bits per heavy atom. The monoisotopic (exact) mass is 504 g/mol. The fraction of sp³-hybridized carbons (Fsp3) is 0.296. The Balaban J connectivity index is 1.16. The van der Waals surface area contributed by atoms with Crippen LogP contribution in [0.2, 0.25) is 5.02 Å². The van der Waals surface area contributed by atoms with E-state index in [9.17, 15) is 4.79 Å². The van der Waals surface area contributed by atoms with Gasteiger partial charge < -0.3 is 15.8 Å². The molecule has 1 amide bonds. The molecule has 9 heteroatoms. The number of nitrogens with one attached hydrogen (secondary N) is 1. The Morgan fingerprint density at radius 3 is 2.50 bits per heavy atom. The van der Waals surface area contributed by atoms with E-state index < -0.39 is 5.91 Å². The van der Waals surface area contributed by atoms with E-state index in [-0.39, 0.29) is 6.10 Å². The van der Waals surface area contributed by atoms with Crippen molar-refractivity contribution >= 4 is 17.5 Å². The molecule has 0 unspecified atom stereocenters. The van der Waals surface area contributed by atoms with Gasteiger partial charge in [-0.05, 0) is 69.0 Å². The summed E-state index contributed by atoms with van der Waals surface area (Å²) in [6, 6.07) is 17.7. The zero-order valence-corrected chi connectivity index (χ0v) is 20.9. The van der Waals surface area contributed by atoms with Crippen molar-refractivity contribution in [2.75, 3.05) is 0 Å². The summed E-state index contributed by atoms with van der Waals surface area (Å²) in [6.45, 7) is 2.83. The fourth-order valence-electron chi connectivity index (χ4n) is 4.58. The summed E-state index contributed by atoms with van der Waals surface area (Å²) >= 11 is 6.01. The number of carbonyl (C=O) groups excluding carboxylic acids is 1. The van der Waals surface area contributed by atoms with E-state index in [1.165, 1.54) is 5.56 Å². The lowest BCUT2D eigenvalue weighted by atomic mass is 9.93. The minimum absolute atomic E-state index is 0.00494. The molecule has 8 nitrogen and oxygen atoms in total. The summed E-state index contributed by atoms with van der Waals surface area (Å²) in [6.07, 6.45) is 7.23. The van der Waals surface area contributed by atoms with Crippen LogP contribution in [0.5, 0.6) is 5.88 Å². The number of amides is 1. The number of ether oxygens (including phenoxy) is 1. The van der Waals surface area contributed by atoms with E-state index in [4.69, 9.17) is 22.1 Å². The van der Waals surface area contributed by atoms with Crippen molar-refractivity contribution in [2.24, 2.45) is 5.73 Å². The molecule has 0 bridgehead atoms. The number of benzene rings is 2. The highest BCUT2D eigenvalue weighted by atomic mass is 35.5. The van der Waals surface area contributed by atoms with Crippen molar-refractivity contribution in [3.05, 3.63) is 88.8 Å². The van der Waals surface area contributed by atoms with E-state index in [2.05, 4.69) is 22.4 Å². The molecule has 2 aromatic heterocycles. The Hall–Kier alpha value is -3.62. The Labute approximate surface area is 215 Å². The van der Waals surface area contributed by atoms with E-state index >= 15 is 0 Å². The van der Waals surface area contributed by atoms with Crippen LogP contribution >= 0.6 is 11.6 Å².